The number of fused-ring (bicyclic) bond motifs is 1. The molecule has 1 aliphatic carbocycles. The summed E-state index contributed by atoms with van der Waals surface area (Å²) in [7, 11) is 0. The van der Waals surface area contributed by atoms with E-state index in [9.17, 15) is 4.79 Å². The predicted molar refractivity (Wildman–Crippen MR) is 70.9 cm³/mol. The van der Waals surface area contributed by atoms with Gasteiger partial charge in [-0.15, -0.1) is 0 Å². The number of ether oxygens (including phenoxy) is 1. The molecule has 2 aliphatic rings. The summed E-state index contributed by atoms with van der Waals surface area (Å²) in [5.74, 6) is 0.131. The van der Waals surface area contributed by atoms with Crippen molar-refractivity contribution in [3.05, 3.63) is 12.2 Å². The Balaban J connectivity index is 2.21. The fourth-order valence-corrected chi connectivity index (χ4v) is 3.12. The van der Waals surface area contributed by atoms with Gasteiger partial charge in [0.25, 0.3) is 0 Å². The van der Waals surface area contributed by atoms with Crippen molar-refractivity contribution in [1.82, 2.24) is 5.32 Å². The van der Waals surface area contributed by atoms with E-state index in [1.165, 1.54) is 0 Å². The molecule has 1 saturated heterocycles. The first-order valence-corrected chi connectivity index (χ1v) is 6.69. The molecule has 0 radical (unpaired) electrons. The second kappa shape index (κ2) is 4.67. The van der Waals surface area contributed by atoms with Gasteiger partial charge in [0.2, 0.25) is 0 Å². The summed E-state index contributed by atoms with van der Waals surface area (Å²) >= 11 is 0. The molecular weight excluding hydrogens is 228 g/mol. The highest BCUT2D eigenvalue weighted by atomic mass is 16.6. The maximum Gasteiger partial charge on any atom is 0.310 e. The molecule has 0 aromatic rings. The lowest BCUT2D eigenvalue weighted by Crippen LogP contribution is -2.50. The van der Waals surface area contributed by atoms with Crippen LogP contribution < -0.4 is 11.1 Å². The van der Waals surface area contributed by atoms with E-state index in [1.54, 1.807) is 0 Å². The molecule has 4 heteroatoms. The van der Waals surface area contributed by atoms with E-state index in [0.29, 0.717) is 12.5 Å². The van der Waals surface area contributed by atoms with Crippen LogP contribution in [0, 0.1) is 17.3 Å². The summed E-state index contributed by atoms with van der Waals surface area (Å²) in [6, 6.07) is 0. The number of allylic oxidation sites excluding steroid dienone is 1. The van der Waals surface area contributed by atoms with Crippen molar-refractivity contribution in [1.29, 1.82) is 0 Å². The van der Waals surface area contributed by atoms with Crippen LogP contribution in [0.5, 0.6) is 0 Å². The van der Waals surface area contributed by atoms with Gasteiger partial charge >= 0.3 is 5.97 Å². The molecule has 3 unspecified atom stereocenters. The van der Waals surface area contributed by atoms with Gasteiger partial charge in [-0.2, -0.15) is 0 Å². The average Bonchev–Trinajstić information content (AvgIpc) is 2.69. The van der Waals surface area contributed by atoms with E-state index in [0.717, 1.165) is 19.5 Å². The van der Waals surface area contributed by atoms with Crippen LogP contribution in [-0.2, 0) is 9.53 Å². The summed E-state index contributed by atoms with van der Waals surface area (Å²) in [6.45, 7) is 7.96. The summed E-state index contributed by atoms with van der Waals surface area (Å²) in [5.41, 5.74) is 5.40. The van der Waals surface area contributed by atoms with Gasteiger partial charge in [-0.05, 0) is 33.1 Å². The Labute approximate surface area is 109 Å². The third-order valence-electron chi connectivity index (χ3n) is 4.06. The van der Waals surface area contributed by atoms with Gasteiger partial charge in [0.15, 0.2) is 0 Å². The smallest absolute Gasteiger partial charge is 0.310 e. The zero-order chi connectivity index (χ0) is 13.4. The highest BCUT2D eigenvalue weighted by Gasteiger charge is 2.51. The van der Waals surface area contributed by atoms with Gasteiger partial charge in [0.05, 0.1) is 5.92 Å². The lowest BCUT2D eigenvalue weighted by Gasteiger charge is -2.41. The highest BCUT2D eigenvalue weighted by molar-refractivity contribution is 5.75. The molecule has 0 bridgehead atoms. The van der Waals surface area contributed by atoms with E-state index in [1.807, 2.05) is 20.8 Å². The number of carbonyl (C=O) groups excluding carboxylic acids is 1. The summed E-state index contributed by atoms with van der Waals surface area (Å²) < 4.78 is 5.56. The Bertz CT molecular complexity index is 359. The van der Waals surface area contributed by atoms with E-state index in [2.05, 4.69) is 17.5 Å². The summed E-state index contributed by atoms with van der Waals surface area (Å²) in [5, 5.41) is 3.36. The zero-order valence-corrected chi connectivity index (χ0v) is 11.5. The van der Waals surface area contributed by atoms with Crippen LogP contribution in [0.25, 0.3) is 0 Å². The van der Waals surface area contributed by atoms with Crippen LogP contribution in [0.2, 0.25) is 0 Å². The minimum Gasteiger partial charge on any atom is -0.460 e. The molecule has 0 saturated carbocycles. The van der Waals surface area contributed by atoms with Crippen molar-refractivity contribution >= 4 is 5.97 Å². The van der Waals surface area contributed by atoms with Crippen LogP contribution in [0.3, 0.4) is 0 Å². The SMILES string of the molecule is CC(C)(C)OC(=O)C1CC=CC2CNCC21CN. The lowest BCUT2D eigenvalue weighted by atomic mass is 9.64. The molecule has 1 heterocycles. The topological polar surface area (TPSA) is 64.3 Å². The monoisotopic (exact) mass is 252 g/mol. The first-order valence-electron chi connectivity index (χ1n) is 6.69. The first kappa shape index (κ1) is 13.6. The molecule has 0 spiro atoms. The van der Waals surface area contributed by atoms with Gasteiger partial charge in [-0.1, -0.05) is 12.2 Å². The van der Waals surface area contributed by atoms with Crippen molar-refractivity contribution in [3.63, 3.8) is 0 Å². The number of hydrogen-bond donors (Lipinski definition) is 2. The molecule has 3 atom stereocenters. The Hall–Kier alpha value is -0.870. The Morgan fingerprint density at radius 3 is 2.89 bits per heavy atom. The third-order valence-corrected chi connectivity index (χ3v) is 4.06. The molecule has 2 rings (SSSR count). The molecule has 3 N–H and O–H groups in total. The highest BCUT2D eigenvalue weighted by Crippen LogP contribution is 2.44. The molecule has 1 fully saturated rings. The number of nitrogens with one attached hydrogen (secondary N) is 1. The van der Waals surface area contributed by atoms with Gasteiger partial charge in [0, 0.05) is 25.0 Å². The Kier molecular flexibility index (Phi) is 3.52. The van der Waals surface area contributed by atoms with Crippen molar-refractivity contribution < 1.29 is 9.53 Å². The molecule has 4 nitrogen and oxygen atoms in total. The van der Waals surface area contributed by atoms with Crippen molar-refractivity contribution in [3.8, 4) is 0 Å². The number of hydrogen-bond acceptors (Lipinski definition) is 4. The fraction of sp³-hybridized carbons (Fsp3) is 0.786. The number of esters is 1. The fourth-order valence-electron chi connectivity index (χ4n) is 3.12. The quantitative estimate of drug-likeness (QED) is 0.570. The lowest BCUT2D eigenvalue weighted by molar-refractivity contribution is -0.165. The van der Waals surface area contributed by atoms with Crippen molar-refractivity contribution in [2.45, 2.75) is 32.8 Å². The number of nitrogens with two attached hydrogens (primary N) is 1. The molecular formula is C14H24N2O2. The van der Waals surface area contributed by atoms with Crippen LogP contribution in [0.4, 0.5) is 0 Å². The van der Waals surface area contributed by atoms with E-state index < -0.39 is 5.60 Å². The third kappa shape index (κ3) is 2.31. The second-order valence-corrected chi connectivity index (χ2v) is 6.42. The minimum atomic E-state index is -0.435. The molecule has 0 aromatic heterocycles. The standard InChI is InChI=1S/C14H24N2O2/c1-13(2,3)18-12(17)11-6-4-5-10-7-16-9-14(10,11)8-15/h4-5,10-11,16H,6-9,15H2,1-3H3. The Morgan fingerprint density at radius 2 is 2.28 bits per heavy atom. The molecule has 0 aromatic carbocycles. The summed E-state index contributed by atoms with van der Waals surface area (Å²) in [6.07, 6.45) is 5.04. The normalized spacial score (nSPS) is 35.3. The van der Waals surface area contributed by atoms with Crippen molar-refractivity contribution in [2.24, 2.45) is 23.0 Å². The van der Waals surface area contributed by atoms with Gasteiger partial charge in [-0.3, -0.25) is 4.79 Å². The van der Waals surface area contributed by atoms with E-state index >= 15 is 0 Å². The second-order valence-electron chi connectivity index (χ2n) is 6.42. The molecule has 18 heavy (non-hydrogen) atoms. The summed E-state index contributed by atoms with van der Waals surface area (Å²) in [4.78, 5) is 12.4. The molecule has 1 aliphatic heterocycles. The van der Waals surface area contributed by atoms with Crippen LogP contribution in [0.15, 0.2) is 12.2 Å². The van der Waals surface area contributed by atoms with E-state index in [-0.39, 0.29) is 17.3 Å². The Morgan fingerprint density at radius 1 is 1.56 bits per heavy atom. The molecule has 102 valence electrons. The average molecular weight is 252 g/mol. The van der Waals surface area contributed by atoms with Crippen LogP contribution in [0.1, 0.15) is 27.2 Å². The van der Waals surface area contributed by atoms with Gasteiger partial charge < -0.3 is 15.8 Å². The first-order chi connectivity index (χ1) is 8.39. The van der Waals surface area contributed by atoms with Crippen LogP contribution in [-0.4, -0.2) is 31.2 Å². The maximum atomic E-state index is 12.4. The van der Waals surface area contributed by atoms with Crippen LogP contribution >= 0.6 is 0 Å². The predicted octanol–water partition coefficient (Wildman–Crippen LogP) is 1.07. The molecule has 0 amide bonds. The minimum absolute atomic E-state index is 0.106. The maximum absolute atomic E-state index is 12.4. The van der Waals surface area contributed by atoms with Gasteiger partial charge in [-0.25, -0.2) is 0 Å². The van der Waals surface area contributed by atoms with Crippen molar-refractivity contribution in [2.75, 3.05) is 19.6 Å². The largest absolute Gasteiger partial charge is 0.460 e. The number of carbonyl (C=O) groups is 1. The van der Waals surface area contributed by atoms with Gasteiger partial charge in [0.1, 0.15) is 5.60 Å². The van der Waals surface area contributed by atoms with E-state index in [4.69, 9.17) is 10.5 Å². The number of rotatable bonds is 2. The zero-order valence-electron chi connectivity index (χ0n) is 11.5.